The fourth-order valence-corrected chi connectivity index (χ4v) is 3.44. The Morgan fingerprint density at radius 2 is 2.00 bits per heavy atom. The van der Waals surface area contributed by atoms with Gasteiger partial charge in [-0.05, 0) is 50.6 Å². The number of rotatable bonds is 11. The molecule has 0 fully saturated rings. The van der Waals surface area contributed by atoms with E-state index in [0.29, 0.717) is 29.8 Å². The van der Waals surface area contributed by atoms with Crippen molar-refractivity contribution >= 4 is 29.2 Å². The van der Waals surface area contributed by atoms with Crippen molar-refractivity contribution in [2.75, 3.05) is 37.9 Å². The molecule has 0 aliphatic rings. The average Bonchev–Trinajstić information content (AvgIpc) is 2.64. The Balaban J connectivity index is 1.86. The Hall–Kier alpha value is -1.50. The van der Waals surface area contributed by atoms with Crippen LogP contribution in [0.4, 0.5) is 5.82 Å². The smallest absolute Gasteiger partial charge is 0.149 e. The van der Waals surface area contributed by atoms with E-state index in [4.69, 9.17) is 21.1 Å². The molecule has 0 spiro atoms. The lowest BCUT2D eigenvalue weighted by Gasteiger charge is -2.13. The third-order valence-electron chi connectivity index (χ3n) is 3.94. The first kappa shape index (κ1) is 21.8. The fraction of sp³-hybridized carbons (Fsp3) is 0.500. The number of hydrogen-bond acceptors (Lipinski definition) is 6. The van der Waals surface area contributed by atoms with Gasteiger partial charge in [-0.3, -0.25) is 0 Å². The maximum Gasteiger partial charge on any atom is 0.149 e. The van der Waals surface area contributed by atoms with Gasteiger partial charge in [-0.1, -0.05) is 23.7 Å². The van der Waals surface area contributed by atoms with Crippen LogP contribution in [-0.2, 0) is 16.9 Å². The van der Waals surface area contributed by atoms with Gasteiger partial charge in [0.05, 0.1) is 18.8 Å². The summed E-state index contributed by atoms with van der Waals surface area (Å²) in [5.41, 5.74) is 3.25. The number of benzene rings is 1. The number of hydrogen-bond donors (Lipinski definition) is 1. The zero-order valence-electron chi connectivity index (χ0n) is 16.5. The number of nitrogens with one attached hydrogen (secondary N) is 1. The third-order valence-corrected chi connectivity index (χ3v) is 4.90. The number of anilines is 1. The van der Waals surface area contributed by atoms with Crippen LogP contribution in [0, 0.1) is 13.8 Å². The molecule has 5 nitrogen and oxygen atoms in total. The van der Waals surface area contributed by atoms with Crippen molar-refractivity contribution in [2.24, 2.45) is 0 Å². The van der Waals surface area contributed by atoms with E-state index >= 15 is 0 Å². The van der Waals surface area contributed by atoms with Gasteiger partial charge < -0.3 is 14.8 Å². The minimum Gasteiger partial charge on any atom is -0.491 e. The van der Waals surface area contributed by atoms with Crippen LogP contribution in [0.2, 0.25) is 5.02 Å². The predicted octanol–water partition coefficient (Wildman–Crippen LogP) is 4.68. The molecule has 0 aliphatic heterocycles. The van der Waals surface area contributed by atoms with E-state index in [0.717, 1.165) is 42.4 Å². The average molecular weight is 410 g/mol. The number of ether oxygens (including phenoxy) is 2. The molecular weight excluding hydrogens is 382 g/mol. The Labute approximate surface area is 171 Å². The Morgan fingerprint density at radius 1 is 1.19 bits per heavy atom. The first-order valence-corrected chi connectivity index (χ1v) is 10.9. The molecule has 1 heterocycles. The van der Waals surface area contributed by atoms with E-state index in [1.165, 1.54) is 5.56 Å². The number of aryl methyl sites for hydroxylation is 2. The molecule has 0 saturated heterocycles. The van der Waals surface area contributed by atoms with Crippen molar-refractivity contribution in [3.05, 3.63) is 45.9 Å². The molecule has 1 aromatic carbocycles. The molecule has 2 rings (SSSR count). The summed E-state index contributed by atoms with van der Waals surface area (Å²) >= 11 is 8.08. The lowest BCUT2D eigenvalue weighted by molar-refractivity contribution is 0.151. The Morgan fingerprint density at radius 3 is 2.70 bits per heavy atom. The minimum absolute atomic E-state index is 0.524. The van der Waals surface area contributed by atoms with Crippen molar-refractivity contribution in [1.29, 1.82) is 0 Å². The standard InChI is InChI=1S/C20H28ClN3O2S/c1-5-25-10-8-16-6-7-18(14(2)12-16)26-11-9-22-20-19(21)17(13-27-4)23-15(3)24-20/h6-7,12H,5,8-11,13H2,1-4H3,(H,22,23,24). The molecule has 148 valence electrons. The molecule has 2 aromatic rings. The Kier molecular flexibility index (Phi) is 9.18. The second-order valence-corrected chi connectivity index (χ2v) is 7.38. The lowest BCUT2D eigenvalue weighted by atomic mass is 10.1. The summed E-state index contributed by atoms with van der Waals surface area (Å²) < 4.78 is 11.3. The van der Waals surface area contributed by atoms with E-state index in [-0.39, 0.29) is 0 Å². The summed E-state index contributed by atoms with van der Waals surface area (Å²) in [6, 6.07) is 6.27. The number of nitrogens with zero attached hydrogens (tertiary/aromatic N) is 2. The van der Waals surface area contributed by atoms with Crippen molar-refractivity contribution in [3.8, 4) is 5.75 Å². The van der Waals surface area contributed by atoms with Crippen molar-refractivity contribution in [1.82, 2.24) is 9.97 Å². The normalized spacial score (nSPS) is 10.9. The van der Waals surface area contributed by atoms with Crippen LogP contribution in [0.15, 0.2) is 18.2 Å². The van der Waals surface area contributed by atoms with E-state index in [2.05, 4.69) is 34.3 Å². The number of aromatic nitrogens is 2. The maximum atomic E-state index is 6.40. The number of halogens is 1. The molecule has 0 radical (unpaired) electrons. The van der Waals surface area contributed by atoms with E-state index < -0.39 is 0 Å². The molecule has 0 atom stereocenters. The van der Waals surface area contributed by atoms with Crippen LogP contribution >= 0.6 is 23.4 Å². The van der Waals surface area contributed by atoms with Crippen LogP contribution in [0.3, 0.4) is 0 Å². The Bertz CT molecular complexity index is 743. The summed E-state index contributed by atoms with van der Waals surface area (Å²) in [4.78, 5) is 8.80. The van der Waals surface area contributed by atoms with Gasteiger partial charge in [0.25, 0.3) is 0 Å². The SMILES string of the molecule is CCOCCc1ccc(OCCNc2nc(C)nc(CSC)c2Cl)c(C)c1. The van der Waals surface area contributed by atoms with Gasteiger partial charge in [-0.2, -0.15) is 11.8 Å². The molecule has 7 heteroatoms. The molecule has 1 aromatic heterocycles. The van der Waals surface area contributed by atoms with Crippen LogP contribution < -0.4 is 10.1 Å². The van der Waals surface area contributed by atoms with Crippen molar-refractivity contribution < 1.29 is 9.47 Å². The zero-order chi connectivity index (χ0) is 19.6. The third kappa shape index (κ3) is 6.87. The van der Waals surface area contributed by atoms with E-state index in [1.54, 1.807) is 11.8 Å². The second kappa shape index (κ2) is 11.4. The molecular formula is C20H28ClN3O2S. The molecule has 0 saturated carbocycles. The summed E-state index contributed by atoms with van der Waals surface area (Å²) in [6.45, 7) is 8.58. The largest absolute Gasteiger partial charge is 0.491 e. The summed E-state index contributed by atoms with van der Waals surface area (Å²) in [5.74, 6) is 3.04. The minimum atomic E-state index is 0.524. The van der Waals surface area contributed by atoms with E-state index in [9.17, 15) is 0 Å². The van der Waals surface area contributed by atoms with Gasteiger partial charge >= 0.3 is 0 Å². The molecule has 0 aliphatic carbocycles. The highest BCUT2D eigenvalue weighted by molar-refractivity contribution is 7.97. The monoisotopic (exact) mass is 409 g/mol. The van der Waals surface area contributed by atoms with Gasteiger partial charge in [0.2, 0.25) is 0 Å². The summed E-state index contributed by atoms with van der Waals surface area (Å²) in [7, 11) is 0. The molecule has 0 unspecified atom stereocenters. The first-order valence-electron chi connectivity index (χ1n) is 9.11. The highest BCUT2D eigenvalue weighted by atomic mass is 35.5. The zero-order valence-corrected chi connectivity index (χ0v) is 18.0. The number of thioether (sulfide) groups is 1. The summed E-state index contributed by atoms with van der Waals surface area (Å²) in [5, 5.41) is 3.84. The van der Waals surface area contributed by atoms with E-state index in [1.807, 2.05) is 26.2 Å². The lowest BCUT2D eigenvalue weighted by Crippen LogP contribution is -2.14. The topological polar surface area (TPSA) is 56.3 Å². The van der Waals surface area contributed by atoms with Crippen LogP contribution in [0.25, 0.3) is 0 Å². The second-order valence-electron chi connectivity index (χ2n) is 6.14. The highest BCUT2D eigenvalue weighted by Gasteiger charge is 2.10. The van der Waals surface area contributed by atoms with Crippen LogP contribution in [-0.4, -0.2) is 42.6 Å². The van der Waals surface area contributed by atoms with Gasteiger partial charge in [-0.25, -0.2) is 9.97 Å². The van der Waals surface area contributed by atoms with Crippen LogP contribution in [0.1, 0.15) is 29.6 Å². The summed E-state index contributed by atoms with van der Waals surface area (Å²) in [6.07, 6.45) is 2.94. The molecule has 0 bridgehead atoms. The fourth-order valence-electron chi connectivity index (χ4n) is 2.66. The van der Waals surface area contributed by atoms with Gasteiger partial charge in [0, 0.05) is 12.4 Å². The molecule has 1 N–H and O–H groups in total. The molecule has 0 amide bonds. The van der Waals surface area contributed by atoms with Crippen molar-refractivity contribution in [2.45, 2.75) is 32.9 Å². The predicted molar refractivity (Wildman–Crippen MR) is 114 cm³/mol. The quantitative estimate of drug-likeness (QED) is 0.544. The first-order chi connectivity index (χ1) is 13.0. The van der Waals surface area contributed by atoms with Gasteiger partial charge in [-0.15, -0.1) is 0 Å². The van der Waals surface area contributed by atoms with Gasteiger partial charge in [0.1, 0.15) is 29.0 Å². The van der Waals surface area contributed by atoms with Crippen LogP contribution in [0.5, 0.6) is 5.75 Å². The maximum absolute atomic E-state index is 6.40. The van der Waals surface area contributed by atoms with Gasteiger partial charge in [0.15, 0.2) is 0 Å². The van der Waals surface area contributed by atoms with Crippen molar-refractivity contribution in [3.63, 3.8) is 0 Å². The highest BCUT2D eigenvalue weighted by Crippen LogP contribution is 2.25. The molecule has 27 heavy (non-hydrogen) atoms.